The molecule has 1 amide bonds. The predicted molar refractivity (Wildman–Crippen MR) is 88.6 cm³/mol. The van der Waals surface area contributed by atoms with Crippen molar-refractivity contribution in [2.75, 3.05) is 33.9 Å². The van der Waals surface area contributed by atoms with E-state index in [9.17, 15) is 4.79 Å². The third-order valence-electron chi connectivity index (χ3n) is 4.42. The molecule has 124 valence electrons. The lowest BCUT2D eigenvalue weighted by Gasteiger charge is -2.17. The second kappa shape index (κ2) is 7.10. The number of ether oxygens (including phenoxy) is 1. The smallest absolute Gasteiger partial charge is 0.272 e. The highest BCUT2D eigenvalue weighted by atomic mass is 16.5. The van der Waals surface area contributed by atoms with Gasteiger partial charge in [0.1, 0.15) is 5.82 Å². The molecule has 1 saturated heterocycles. The van der Waals surface area contributed by atoms with Crippen molar-refractivity contribution in [2.45, 2.75) is 25.3 Å². The predicted octanol–water partition coefficient (Wildman–Crippen LogP) is 1.87. The summed E-state index contributed by atoms with van der Waals surface area (Å²) in [5, 5.41) is 2.93. The number of nitrogens with zero attached hydrogens (tertiary/aromatic N) is 3. The number of nitrogens with one attached hydrogen (secondary N) is 1. The Balaban J connectivity index is 1.87. The number of likely N-dealkylation sites (tertiary alicyclic amines) is 1. The molecule has 1 aliphatic rings. The van der Waals surface area contributed by atoms with Gasteiger partial charge in [0, 0.05) is 26.5 Å². The van der Waals surface area contributed by atoms with Crippen molar-refractivity contribution < 1.29 is 9.53 Å². The molecule has 0 aliphatic carbocycles. The fourth-order valence-corrected chi connectivity index (χ4v) is 3.20. The Hall–Kier alpha value is -1.92. The zero-order valence-electron chi connectivity index (χ0n) is 13.8. The minimum absolute atomic E-state index is 0.114. The number of carbonyl (C=O) groups excluding carboxylic acids is 1. The van der Waals surface area contributed by atoms with Gasteiger partial charge in [-0.3, -0.25) is 9.69 Å². The van der Waals surface area contributed by atoms with E-state index < -0.39 is 0 Å². The second-order valence-electron chi connectivity index (χ2n) is 6.02. The van der Waals surface area contributed by atoms with Gasteiger partial charge in [-0.1, -0.05) is 6.07 Å². The molecule has 0 bridgehead atoms. The lowest BCUT2D eigenvalue weighted by molar-refractivity contribution is 0.0945. The van der Waals surface area contributed by atoms with Crippen LogP contribution in [-0.4, -0.2) is 54.0 Å². The van der Waals surface area contributed by atoms with Gasteiger partial charge in [-0.2, -0.15) is 0 Å². The summed E-state index contributed by atoms with van der Waals surface area (Å²) in [5.74, 6) is 0.847. The van der Waals surface area contributed by atoms with Gasteiger partial charge in [0.2, 0.25) is 0 Å². The van der Waals surface area contributed by atoms with Crippen LogP contribution in [-0.2, 0) is 4.74 Å². The Morgan fingerprint density at radius 3 is 3.09 bits per heavy atom. The van der Waals surface area contributed by atoms with Gasteiger partial charge in [-0.15, -0.1) is 0 Å². The zero-order chi connectivity index (χ0) is 16.2. The largest absolute Gasteiger partial charge is 0.385 e. The van der Waals surface area contributed by atoms with Crippen molar-refractivity contribution in [1.29, 1.82) is 0 Å². The van der Waals surface area contributed by atoms with Crippen LogP contribution in [0.25, 0.3) is 5.52 Å². The van der Waals surface area contributed by atoms with E-state index in [2.05, 4.69) is 21.7 Å². The molecule has 1 N–H and O–H groups in total. The van der Waals surface area contributed by atoms with Crippen LogP contribution >= 0.6 is 0 Å². The molecule has 3 rings (SSSR count). The molecule has 0 unspecified atom stereocenters. The molecular weight excluding hydrogens is 292 g/mol. The molecule has 2 aromatic heterocycles. The number of rotatable bonds is 6. The van der Waals surface area contributed by atoms with Gasteiger partial charge < -0.3 is 14.5 Å². The van der Waals surface area contributed by atoms with Gasteiger partial charge in [-0.25, -0.2) is 4.98 Å². The molecule has 1 aliphatic heterocycles. The molecule has 23 heavy (non-hydrogen) atoms. The van der Waals surface area contributed by atoms with E-state index in [0.29, 0.717) is 18.8 Å². The molecule has 1 atom stereocenters. The van der Waals surface area contributed by atoms with Crippen LogP contribution in [0.5, 0.6) is 0 Å². The van der Waals surface area contributed by atoms with Crippen molar-refractivity contribution in [3.8, 4) is 0 Å². The molecule has 0 radical (unpaired) electrons. The molecule has 0 aromatic carbocycles. The number of pyridine rings is 1. The highest BCUT2D eigenvalue weighted by molar-refractivity contribution is 5.99. The van der Waals surface area contributed by atoms with Crippen LogP contribution in [0, 0.1) is 0 Å². The third kappa shape index (κ3) is 3.23. The first-order valence-electron chi connectivity index (χ1n) is 8.16. The first-order chi connectivity index (χ1) is 11.2. The average Bonchev–Trinajstić information content (AvgIpc) is 3.15. The Bertz CT molecular complexity index is 682. The van der Waals surface area contributed by atoms with E-state index in [-0.39, 0.29) is 11.9 Å². The van der Waals surface area contributed by atoms with Crippen LogP contribution in [0.1, 0.15) is 41.6 Å². The Labute approximate surface area is 136 Å². The number of aromatic nitrogens is 2. The van der Waals surface area contributed by atoms with Crippen molar-refractivity contribution >= 4 is 11.4 Å². The van der Waals surface area contributed by atoms with E-state index in [0.717, 1.165) is 30.7 Å². The molecule has 6 nitrogen and oxygen atoms in total. The summed E-state index contributed by atoms with van der Waals surface area (Å²) in [4.78, 5) is 19.5. The van der Waals surface area contributed by atoms with Gasteiger partial charge >= 0.3 is 0 Å². The standard InChI is InChI=1S/C17H24N4O2/c1-20-10-5-8-14(20)16-19-15(13-7-3-4-11-21(13)16)17(22)18-9-6-12-23-2/h3-4,7,11,14H,5-6,8-10,12H2,1-2H3,(H,18,22)/t14-/m0/s1. The lowest BCUT2D eigenvalue weighted by atomic mass is 10.2. The van der Waals surface area contributed by atoms with Crippen LogP contribution in [0.4, 0.5) is 0 Å². The maximum absolute atomic E-state index is 12.5. The normalized spacial score (nSPS) is 18.6. The van der Waals surface area contributed by atoms with Crippen molar-refractivity contribution in [3.63, 3.8) is 0 Å². The van der Waals surface area contributed by atoms with E-state index >= 15 is 0 Å². The summed E-state index contributed by atoms with van der Waals surface area (Å²) >= 11 is 0. The molecule has 0 saturated carbocycles. The lowest BCUT2D eigenvalue weighted by Crippen LogP contribution is -2.26. The van der Waals surface area contributed by atoms with Gasteiger partial charge in [-0.05, 0) is 45.0 Å². The fourth-order valence-electron chi connectivity index (χ4n) is 3.20. The minimum atomic E-state index is -0.114. The number of methoxy groups -OCH3 is 1. The van der Waals surface area contributed by atoms with Crippen LogP contribution < -0.4 is 5.32 Å². The topological polar surface area (TPSA) is 58.9 Å². The van der Waals surface area contributed by atoms with Crippen LogP contribution in [0.2, 0.25) is 0 Å². The summed E-state index contributed by atoms with van der Waals surface area (Å²) in [6.45, 7) is 2.31. The van der Waals surface area contributed by atoms with Crippen LogP contribution in [0.3, 0.4) is 0 Å². The molecule has 3 heterocycles. The average molecular weight is 316 g/mol. The number of amides is 1. The molecule has 6 heteroatoms. The number of hydrogen-bond donors (Lipinski definition) is 1. The van der Waals surface area contributed by atoms with Gasteiger partial charge in [0.15, 0.2) is 5.69 Å². The summed E-state index contributed by atoms with van der Waals surface area (Å²) < 4.78 is 7.06. The quantitative estimate of drug-likeness (QED) is 0.827. The Kier molecular flexibility index (Phi) is 4.93. The maximum Gasteiger partial charge on any atom is 0.272 e. The minimum Gasteiger partial charge on any atom is -0.385 e. The molecule has 1 fully saturated rings. The number of hydrogen-bond acceptors (Lipinski definition) is 4. The number of fused-ring (bicyclic) bond motifs is 1. The first kappa shape index (κ1) is 16.0. The molecular formula is C17H24N4O2. The number of imidazole rings is 1. The number of carbonyl (C=O) groups is 1. The van der Waals surface area contributed by atoms with Crippen molar-refractivity contribution in [3.05, 3.63) is 35.9 Å². The van der Waals surface area contributed by atoms with Crippen LogP contribution in [0.15, 0.2) is 24.4 Å². The Morgan fingerprint density at radius 2 is 2.35 bits per heavy atom. The van der Waals surface area contributed by atoms with E-state index in [1.165, 1.54) is 6.42 Å². The van der Waals surface area contributed by atoms with E-state index in [4.69, 9.17) is 9.72 Å². The SMILES string of the molecule is COCCCNC(=O)c1nc([C@@H]2CCCN2C)n2ccccc12. The van der Waals surface area contributed by atoms with E-state index in [1.54, 1.807) is 7.11 Å². The third-order valence-corrected chi connectivity index (χ3v) is 4.42. The zero-order valence-corrected chi connectivity index (χ0v) is 13.8. The highest BCUT2D eigenvalue weighted by Gasteiger charge is 2.28. The second-order valence-corrected chi connectivity index (χ2v) is 6.02. The fraction of sp³-hybridized carbons (Fsp3) is 0.529. The molecule has 0 spiro atoms. The van der Waals surface area contributed by atoms with Gasteiger partial charge in [0.05, 0.1) is 11.6 Å². The van der Waals surface area contributed by atoms with Crippen molar-refractivity contribution in [2.24, 2.45) is 0 Å². The van der Waals surface area contributed by atoms with E-state index in [1.807, 2.05) is 24.4 Å². The Morgan fingerprint density at radius 1 is 1.48 bits per heavy atom. The van der Waals surface area contributed by atoms with Crippen molar-refractivity contribution in [1.82, 2.24) is 19.6 Å². The molecule has 2 aromatic rings. The summed E-state index contributed by atoms with van der Waals surface area (Å²) in [7, 11) is 3.78. The summed E-state index contributed by atoms with van der Waals surface area (Å²) in [6.07, 6.45) is 5.04. The first-order valence-corrected chi connectivity index (χ1v) is 8.16. The summed E-state index contributed by atoms with van der Waals surface area (Å²) in [6, 6.07) is 6.16. The highest BCUT2D eigenvalue weighted by Crippen LogP contribution is 2.30. The summed E-state index contributed by atoms with van der Waals surface area (Å²) in [5.41, 5.74) is 1.38. The maximum atomic E-state index is 12.5. The van der Waals surface area contributed by atoms with Gasteiger partial charge in [0.25, 0.3) is 5.91 Å². The monoisotopic (exact) mass is 316 g/mol.